The van der Waals surface area contributed by atoms with Crippen molar-refractivity contribution in [3.63, 3.8) is 0 Å². The van der Waals surface area contributed by atoms with Gasteiger partial charge < -0.3 is 9.84 Å². The third-order valence-corrected chi connectivity index (χ3v) is 1.78. The van der Waals surface area contributed by atoms with E-state index >= 15 is 0 Å². The molecule has 1 aromatic carbocycles. The van der Waals surface area contributed by atoms with Crippen molar-refractivity contribution in [3.05, 3.63) is 42.7 Å². The Labute approximate surface area is 82.6 Å². The van der Waals surface area contributed by atoms with Gasteiger partial charge in [-0.15, -0.1) is 6.58 Å². The molecule has 0 spiro atoms. The summed E-state index contributed by atoms with van der Waals surface area (Å²) in [5.41, 5.74) is -1.06. The lowest BCUT2D eigenvalue weighted by Crippen LogP contribution is -2.29. The molecule has 0 aliphatic heterocycles. The van der Waals surface area contributed by atoms with Gasteiger partial charge in [-0.25, -0.2) is 4.39 Å². The molecule has 14 heavy (non-hydrogen) atoms. The largest absolute Gasteiger partial charge is 0.490 e. The smallest absolute Gasteiger partial charge is 0.123 e. The number of ether oxygens (including phenoxy) is 1. The van der Waals surface area contributed by atoms with Crippen molar-refractivity contribution in [1.29, 1.82) is 0 Å². The molecule has 0 saturated heterocycles. The van der Waals surface area contributed by atoms with E-state index in [-0.39, 0.29) is 12.4 Å². The molecule has 0 heterocycles. The van der Waals surface area contributed by atoms with Crippen molar-refractivity contribution in [2.75, 3.05) is 6.61 Å². The molecule has 1 aromatic rings. The lowest BCUT2D eigenvalue weighted by Gasteiger charge is -2.18. The molecule has 2 nitrogen and oxygen atoms in total. The van der Waals surface area contributed by atoms with E-state index in [0.29, 0.717) is 5.75 Å². The first-order valence-corrected chi connectivity index (χ1v) is 4.28. The van der Waals surface area contributed by atoms with Crippen LogP contribution in [0.2, 0.25) is 0 Å². The molecule has 76 valence electrons. The number of aliphatic hydroxyl groups is 1. The summed E-state index contributed by atoms with van der Waals surface area (Å²) in [6.07, 6.45) is 1.40. The van der Waals surface area contributed by atoms with Gasteiger partial charge in [0, 0.05) is 0 Å². The highest BCUT2D eigenvalue weighted by Crippen LogP contribution is 2.13. The van der Waals surface area contributed by atoms with Gasteiger partial charge in [0.05, 0.1) is 0 Å². The van der Waals surface area contributed by atoms with E-state index in [1.54, 1.807) is 6.92 Å². The van der Waals surface area contributed by atoms with Crippen LogP contribution in [0.5, 0.6) is 5.75 Å². The van der Waals surface area contributed by atoms with Crippen LogP contribution in [0.25, 0.3) is 0 Å². The van der Waals surface area contributed by atoms with Gasteiger partial charge in [-0.2, -0.15) is 0 Å². The van der Waals surface area contributed by atoms with Crippen LogP contribution in [-0.4, -0.2) is 17.3 Å². The van der Waals surface area contributed by atoms with Crippen LogP contribution in [0.3, 0.4) is 0 Å². The fourth-order valence-corrected chi connectivity index (χ4v) is 0.819. The molecule has 1 rings (SSSR count). The molecule has 3 heteroatoms. The zero-order valence-electron chi connectivity index (χ0n) is 8.03. The molecule has 0 radical (unpaired) electrons. The lowest BCUT2D eigenvalue weighted by atomic mass is 10.1. The monoisotopic (exact) mass is 196 g/mol. The van der Waals surface area contributed by atoms with Crippen molar-refractivity contribution >= 4 is 0 Å². The molecule has 0 aromatic heterocycles. The van der Waals surface area contributed by atoms with E-state index < -0.39 is 5.60 Å². The highest BCUT2D eigenvalue weighted by atomic mass is 19.1. The summed E-state index contributed by atoms with van der Waals surface area (Å²) in [6.45, 7) is 5.15. The first-order chi connectivity index (χ1) is 6.53. The van der Waals surface area contributed by atoms with Crippen molar-refractivity contribution in [2.45, 2.75) is 12.5 Å². The number of benzene rings is 1. The van der Waals surface area contributed by atoms with Crippen LogP contribution in [0.1, 0.15) is 6.92 Å². The number of halogens is 1. The average Bonchev–Trinajstić information content (AvgIpc) is 2.17. The number of hydrogen-bond acceptors (Lipinski definition) is 2. The van der Waals surface area contributed by atoms with Crippen LogP contribution < -0.4 is 4.74 Å². The van der Waals surface area contributed by atoms with Gasteiger partial charge in [-0.05, 0) is 31.2 Å². The Balaban J connectivity index is 2.54. The lowest BCUT2D eigenvalue weighted by molar-refractivity contribution is 0.0547. The van der Waals surface area contributed by atoms with Crippen LogP contribution in [0, 0.1) is 5.82 Å². The minimum Gasteiger partial charge on any atom is -0.490 e. The quantitative estimate of drug-likeness (QED) is 0.747. The molecule has 0 fully saturated rings. The molecule has 1 atom stereocenters. The maximum absolute atomic E-state index is 12.5. The normalized spacial score (nSPS) is 14.5. The van der Waals surface area contributed by atoms with Gasteiger partial charge >= 0.3 is 0 Å². The molecule has 0 aliphatic carbocycles. The van der Waals surface area contributed by atoms with Crippen LogP contribution in [-0.2, 0) is 0 Å². The Morgan fingerprint density at radius 1 is 1.50 bits per heavy atom. The summed E-state index contributed by atoms with van der Waals surface area (Å²) in [4.78, 5) is 0. The first-order valence-electron chi connectivity index (χ1n) is 4.28. The summed E-state index contributed by atoms with van der Waals surface area (Å²) in [5.74, 6) is 0.210. The van der Waals surface area contributed by atoms with E-state index in [1.807, 2.05) is 0 Å². The van der Waals surface area contributed by atoms with E-state index in [1.165, 1.54) is 30.3 Å². The van der Waals surface area contributed by atoms with Crippen molar-refractivity contribution < 1.29 is 14.2 Å². The van der Waals surface area contributed by atoms with Gasteiger partial charge in [-0.3, -0.25) is 0 Å². The second kappa shape index (κ2) is 4.24. The molecule has 0 saturated carbocycles. The minimum absolute atomic E-state index is 0.0993. The predicted octanol–water partition coefficient (Wildman–Crippen LogP) is 2.14. The van der Waals surface area contributed by atoms with Gasteiger partial charge in [0.1, 0.15) is 23.8 Å². The number of rotatable bonds is 4. The summed E-state index contributed by atoms with van der Waals surface area (Å²) >= 11 is 0. The predicted molar refractivity (Wildman–Crippen MR) is 52.7 cm³/mol. The van der Waals surface area contributed by atoms with Gasteiger partial charge in [0.15, 0.2) is 0 Å². The Morgan fingerprint density at radius 3 is 2.57 bits per heavy atom. The van der Waals surface area contributed by atoms with Crippen LogP contribution >= 0.6 is 0 Å². The van der Waals surface area contributed by atoms with Crippen molar-refractivity contribution in [3.8, 4) is 5.75 Å². The maximum atomic E-state index is 12.5. The maximum Gasteiger partial charge on any atom is 0.123 e. The molecule has 0 aliphatic rings. The Morgan fingerprint density at radius 2 is 2.07 bits per heavy atom. The van der Waals surface area contributed by atoms with Crippen LogP contribution in [0.15, 0.2) is 36.9 Å². The zero-order valence-corrected chi connectivity index (χ0v) is 8.03. The fraction of sp³-hybridized carbons (Fsp3) is 0.273. The zero-order chi connectivity index (χ0) is 10.6. The van der Waals surface area contributed by atoms with Crippen molar-refractivity contribution in [2.24, 2.45) is 0 Å². The summed E-state index contributed by atoms with van der Waals surface area (Å²) in [5, 5.41) is 9.52. The summed E-state index contributed by atoms with van der Waals surface area (Å²) in [7, 11) is 0. The Hall–Kier alpha value is -1.35. The Kier molecular flexibility index (Phi) is 3.25. The summed E-state index contributed by atoms with van der Waals surface area (Å²) in [6, 6.07) is 5.62. The van der Waals surface area contributed by atoms with E-state index in [0.717, 1.165) is 0 Å². The highest BCUT2D eigenvalue weighted by Gasteiger charge is 2.15. The fourth-order valence-electron chi connectivity index (χ4n) is 0.819. The molecular formula is C11H13FO2. The standard InChI is InChI=1S/C11H13FO2/c1-3-11(2,13)8-14-10-6-4-9(12)5-7-10/h3-7,13H,1,8H2,2H3. The van der Waals surface area contributed by atoms with E-state index in [2.05, 4.69) is 6.58 Å². The molecule has 0 bridgehead atoms. The topological polar surface area (TPSA) is 29.5 Å². The van der Waals surface area contributed by atoms with E-state index in [9.17, 15) is 9.50 Å². The highest BCUT2D eigenvalue weighted by molar-refractivity contribution is 5.22. The third kappa shape index (κ3) is 3.18. The minimum atomic E-state index is -1.06. The second-order valence-corrected chi connectivity index (χ2v) is 3.30. The second-order valence-electron chi connectivity index (χ2n) is 3.30. The average molecular weight is 196 g/mol. The van der Waals surface area contributed by atoms with Crippen LogP contribution in [0.4, 0.5) is 4.39 Å². The molecule has 1 unspecified atom stereocenters. The van der Waals surface area contributed by atoms with Gasteiger partial charge in [0.2, 0.25) is 0 Å². The summed E-state index contributed by atoms with van der Waals surface area (Å²) < 4.78 is 17.7. The van der Waals surface area contributed by atoms with E-state index in [4.69, 9.17) is 4.74 Å². The Bertz CT molecular complexity index is 304. The SMILES string of the molecule is C=CC(C)(O)COc1ccc(F)cc1. The molecule has 0 amide bonds. The third-order valence-electron chi connectivity index (χ3n) is 1.78. The van der Waals surface area contributed by atoms with Crippen molar-refractivity contribution in [1.82, 2.24) is 0 Å². The molecule has 1 N–H and O–H groups in total. The number of hydrogen-bond donors (Lipinski definition) is 1. The van der Waals surface area contributed by atoms with Gasteiger partial charge in [0.25, 0.3) is 0 Å². The van der Waals surface area contributed by atoms with Gasteiger partial charge in [-0.1, -0.05) is 6.08 Å². The molecular weight excluding hydrogens is 183 g/mol. The first kappa shape index (κ1) is 10.7.